The molecule has 0 saturated heterocycles. The minimum Gasteiger partial charge on any atom is -0.372 e. The third kappa shape index (κ3) is 4.19. The number of hydrogen-bond donors (Lipinski definition) is 0. The molecule has 0 aromatic heterocycles. The monoisotopic (exact) mass is 310 g/mol. The van der Waals surface area contributed by atoms with Crippen LogP contribution in [-0.2, 0) is 9.63 Å². The minimum atomic E-state index is -0.432. The number of hydrogen-bond acceptors (Lipinski definition) is 4. The van der Waals surface area contributed by atoms with Gasteiger partial charge in [0.05, 0.1) is 0 Å². The highest BCUT2D eigenvalue weighted by atomic mass is 16.7. The smallest absolute Gasteiger partial charge is 0.332 e. The van der Waals surface area contributed by atoms with Gasteiger partial charge in [-0.2, -0.15) is 0 Å². The molecule has 0 aliphatic rings. The molecule has 0 spiro atoms. The fourth-order valence-corrected chi connectivity index (χ4v) is 2.48. The van der Waals surface area contributed by atoms with Crippen LogP contribution in [0.5, 0.6) is 0 Å². The van der Waals surface area contributed by atoms with Crippen LogP contribution in [0.1, 0.15) is 31.9 Å². The third-order valence-electron chi connectivity index (χ3n) is 3.58. The van der Waals surface area contributed by atoms with Crippen LogP contribution < -0.4 is 4.90 Å². The molecule has 0 saturated carbocycles. The average molecular weight is 310 g/mol. The Balaban J connectivity index is 2.56. The molecule has 0 heterocycles. The van der Waals surface area contributed by atoms with Gasteiger partial charge in [0.2, 0.25) is 0 Å². The van der Waals surface area contributed by atoms with E-state index in [2.05, 4.69) is 30.0 Å². The van der Waals surface area contributed by atoms with Gasteiger partial charge in [0, 0.05) is 36.8 Å². The van der Waals surface area contributed by atoms with E-state index >= 15 is 0 Å². The molecule has 4 heteroatoms. The molecule has 0 bridgehead atoms. The van der Waals surface area contributed by atoms with Gasteiger partial charge < -0.3 is 9.74 Å². The van der Waals surface area contributed by atoms with E-state index in [-0.39, 0.29) is 0 Å². The number of oxime groups is 1. The predicted octanol–water partition coefficient (Wildman–Crippen LogP) is 3.85. The summed E-state index contributed by atoms with van der Waals surface area (Å²) in [5.74, 6) is -0.432. The van der Waals surface area contributed by atoms with Gasteiger partial charge >= 0.3 is 5.97 Å². The molecule has 2 aromatic carbocycles. The van der Waals surface area contributed by atoms with Crippen LogP contribution in [0.2, 0.25) is 0 Å². The largest absolute Gasteiger partial charge is 0.372 e. The normalized spacial score (nSPS) is 11.2. The van der Waals surface area contributed by atoms with E-state index in [1.54, 1.807) is 0 Å². The summed E-state index contributed by atoms with van der Waals surface area (Å²) in [7, 11) is 0. The summed E-state index contributed by atoms with van der Waals surface area (Å²) in [4.78, 5) is 18.4. The van der Waals surface area contributed by atoms with Crippen molar-refractivity contribution >= 4 is 17.4 Å². The molecule has 0 fully saturated rings. The first-order valence-electron chi connectivity index (χ1n) is 7.82. The second-order valence-corrected chi connectivity index (χ2v) is 5.08. The van der Waals surface area contributed by atoms with Crippen molar-refractivity contribution in [3.63, 3.8) is 0 Å². The maximum absolute atomic E-state index is 11.2. The van der Waals surface area contributed by atoms with E-state index in [0.29, 0.717) is 5.71 Å². The van der Waals surface area contributed by atoms with Gasteiger partial charge in [-0.25, -0.2) is 4.79 Å². The highest BCUT2D eigenvalue weighted by Crippen LogP contribution is 2.24. The summed E-state index contributed by atoms with van der Waals surface area (Å²) in [6, 6.07) is 17.8. The number of nitrogens with zero attached hydrogens (tertiary/aromatic N) is 2. The SMILES string of the molecule is CCN(CC)c1ccccc1C(=NOC(C)=O)c1ccccc1. The second kappa shape index (κ2) is 8.13. The molecule has 0 unspecified atom stereocenters. The van der Waals surface area contributed by atoms with Crippen LogP contribution in [0.3, 0.4) is 0 Å². The summed E-state index contributed by atoms with van der Waals surface area (Å²) < 4.78 is 0. The van der Waals surface area contributed by atoms with E-state index in [0.717, 1.165) is 29.9 Å². The molecule has 4 nitrogen and oxygen atoms in total. The topological polar surface area (TPSA) is 41.9 Å². The molecule has 0 aliphatic heterocycles. The van der Waals surface area contributed by atoms with Gasteiger partial charge in [0.15, 0.2) is 0 Å². The Bertz CT molecular complexity index is 677. The lowest BCUT2D eigenvalue weighted by atomic mass is 10.00. The van der Waals surface area contributed by atoms with Crippen molar-refractivity contribution in [2.45, 2.75) is 20.8 Å². The third-order valence-corrected chi connectivity index (χ3v) is 3.58. The molecule has 0 radical (unpaired) electrons. The van der Waals surface area contributed by atoms with Crippen molar-refractivity contribution in [3.05, 3.63) is 65.7 Å². The molecule has 2 aromatic rings. The summed E-state index contributed by atoms with van der Waals surface area (Å²) >= 11 is 0. The van der Waals surface area contributed by atoms with Crippen LogP contribution in [0, 0.1) is 0 Å². The molecule has 0 atom stereocenters. The van der Waals surface area contributed by atoms with Crippen LogP contribution in [0.4, 0.5) is 5.69 Å². The highest BCUT2D eigenvalue weighted by molar-refractivity contribution is 6.15. The Morgan fingerprint density at radius 2 is 1.61 bits per heavy atom. The Morgan fingerprint density at radius 1 is 1.00 bits per heavy atom. The van der Waals surface area contributed by atoms with Crippen LogP contribution in [0.15, 0.2) is 59.8 Å². The Morgan fingerprint density at radius 3 is 2.22 bits per heavy atom. The lowest BCUT2D eigenvalue weighted by molar-refractivity contribution is -0.140. The quantitative estimate of drug-likeness (QED) is 0.462. The van der Waals surface area contributed by atoms with Gasteiger partial charge in [-0.1, -0.05) is 53.7 Å². The molecular weight excluding hydrogens is 288 g/mol. The van der Waals surface area contributed by atoms with E-state index in [4.69, 9.17) is 4.84 Å². The maximum Gasteiger partial charge on any atom is 0.332 e. The van der Waals surface area contributed by atoms with Gasteiger partial charge in [-0.05, 0) is 19.9 Å². The summed E-state index contributed by atoms with van der Waals surface area (Å²) in [5, 5.41) is 4.12. The number of para-hydroxylation sites is 1. The number of anilines is 1. The van der Waals surface area contributed by atoms with Crippen LogP contribution in [-0.4, -0.2) is 24.8 Å². The standard InChI is InChI=1S/C19H22N2O2/c1-4-21(5-2)18-14-10-9-13-17(18)19(20-23-15(3)22)16-11-7-6-8-12-16/h6-14H,4-5H2,1-3H3. The zero-order valence-corrected chi connectivity index (χ0v) is 13.8. The first-order valence-corrected chi connectivity index (χ1v) is 7.82. The van der Waals surface area contributed by atoms with Crippen molar-refractivity contribution in [2.24, 2.45) is 5.16 Å². The summed E-state index contributed by atoms with van der Waals surface area (Å²) in [6.07, 6.45) is 0. The molecule has 0 amide bonds. The number of rotatable bonds is 6. The van der Waals surface area contributed by atoms with Crippen molar-refractivity contribution < 1.29 is 9.63 Å². The van der Waals surface area contributed by atoms with Crippen LogP contribution in [0.25, 0.3) is 0 Å². The minimum absolute atomic E-state index is 0.432. The summed E-state index contributed by atoms with van der Waals surface area (Å²) in [6.45, 7) is 7.37. The van der Waals surface area contributed by atoms with Crippen LogP contribution >= 0.6 is 0 Å². The zero-order chi connectivity index (χ0) is 16.7. The molecule has 0 aliphatic carbocycles. The summed E-state index contributed by atoms with van der Waals surface area (Å²) in [5.41, 5.74) is 3.59. The molecule has 23 heavy (non-hydrogen) atoms. The lowest BCUT2D eigenvalue weighted by Gasteiger charge is -2.24. The number of carbonyl (C=O) groups is 1. The van der Waals surface area contributed by atoms with Crippen molar-refractivity contribution in [2.75, 3.05) is 18.0 Å². The van der Waals surface area contributed by atoms with Crippen molar-refractivity contribution in [3.8, 4) is 0 Å². The van der Waals surface area contributed by atoms with Crippen molar-refractivity contribution in [1.29, 1.82) is 0 Å². The first kappa shape index (κ1) is 16.7. The second-order valence-electron chi connectivity index (χ2n) is 5.08. The number of benzene rings is 2. The maximum atomic E-state index is 11.2. The van der Waals surface area contributed by atoms with E-state index < -0.39 is 5.97 Å². The lowest BCUT2D eigenvalue weighted by Crippen LogP contribution is -2.24. The predicted molar refractivity (Wildman–Crippen MR) is 93.9 cm³/mol. The van der Waals surface area contributed by atoms with E-state index in [9.17, 15) is 4.79 Å². The Kier molecular flexibility index (Phi) is 5.92. The van der Waals surface area contributed by atoms with E-state index in [1.165, 1.54) is 6.92 Å². The fraction of sp³-hybridized carbons (Fsp3) is 0.263. The zero-order valence-electron chi connectivity index (χ0n) is 13.8. The van der Waals surface area contributed by atoms with Crippen molar-refractivity contribution in [1.82, 2.24) is 0 Å². The Labute approximate surface area is 137 Å². The van der Waals surface area contributed by atoms with Gasteiger partial charge in [0.1, 0.15) is 5.71 Å². The van der Waals surface area contributed by atoms with Gasteiger partial charge in [-0.3, -0.25) is 0 Å². The van der Waals surface area contributed by atoms with Gasteiger partial charge in [-0.15, -0.1) is 0 Å². The average Bonchev–Trinajstić information content (AvgIpc) is 2.58. The Hall–Kier alpha value is -2.62. The fourth-order valence-electron chi connectivity index (χ4n) is 2.48. The first-order chi connectivity index (χ1) is 11.2. The molecular formula is C19H22N2O2. The molecule has 0 N–H and O–H groups in total. The van der Waals surface area contributed by atoms with E-state index in [1.807, 2.05) is 48.5 Å². The highest BCUT2D eigenvalue weighted by Gasteiger charge is 2.15. The molecule has 2 rings (SSSR count). The number of carbonyl (C=O) groups excluding carboxylic acids is 1. The van der Waals surface area contributed by atoms with Gasteiger partial charge in [0.25, 0.3) is 0 Å². The molecule has 120 valence electrons.